The van der Waals surface area contributed by atoms with E-state index in [1.165, 1.54) is 17.4 Å². The van der Waals surface area contributed by atoms with Crippen LogP contribution >= 0.6 is 11.3 Å². The third kappa shape index (κ3) is 2.38. The lowest BCUT2D eigenvalue weighted by atomic mass is 10.2. The average Bonchev–Trinajstić information content (AvgIpc) is 2.76. The average molecular weight is 292 g/mol. The Kier molecular flexibility index (Phi) is 3.40. The number of rotatable bonds is 1. The number of carbonyl (C=O) groups excluding carboxylic acids is 2. The molecule has 1 aromatic heterocycles. The molecule has 1 saturated heterocycles. The topological polar surface area (TPSA) is 49.4 Å². The van der Waals surface area contributed by atoms with Crippen molar-refractivity contribution in [3.8, 4) is 0 Å². The number of hydrogen-bond acceptors (Lipinski definition) is 3. The van der Waals surface area contributed by atoms with E-state index < -0.39 is 0 Å². The molecule has 1 aromatic carbocycles. The lowest BCUT2D eigenvalue weighted by Crippen LogP contribution is -2.33. The van der Waals surface area contributed by atoms with Crippen LogP contribution in [0, 0.1) is 5.82 Å². The Morgan fingerprint density at radius 3 is 3.00 bits per heavy atom. The highest BCUT2D eigenvalue weighted by molar-refractivity contribution is 7.20. The first kappa shape index (κ1) is 13.1. The second-order valence-electron chi connectivity index (χ2n) is 4.65. The molecule has 0 radical (unpaired) electrons. The van der Waals surface area contributed by atoms with Crippen molar-refractivity contribution in [2.45, 2.75) is 6.42 Å². The molecule has 104 valence electrons. The minimum atomic E-state index is -0.314. The summed E-state index contributed by atoms with van der Waals surface area (Å²) in [5, 5.41) is 3.20. The molecule has 0 saturated carbocycles. The number of carbonyl (C=O) groups is 2. The zero-order valence-electron chi connectivity index (χ0n) is 10.7. The molecule has 1 aliphatic heterocycles. The molecule has 2 amide bonds. The number of nitrogens with one attached hydrogen (secondary N) is 1. The molecule has 6 heteroatoms. The van der Waals surface area contributed by atoms with Crippen LogP contribution in [0.15, 0.2) is 24.3 Å². The van der Waals surface area contributed by atoms with Gasteiger partial charge in [0.25, 0.3) is 5.91 Å². The largest absolute Gasteiger partial charge is 0.354 e. The van der Waals surface area contributed by atoms with Gasteiger partial charge in [-0.2, -0.15) is 0 Å². The highest BCUT2D eigenvalue weighted by atomic mass is 32.1. The Bertz CT molecular complexity index is 683. The second-order valence-corrected chi connectivity index (χ2v) is 5.74. The van der Waals surface area contributed by atoms with Gasteiger partial charge < -0.3 is 10.2 Å². The number of thiophene rings is 1. The molecule has 1 N–H and O–H groups in total. The van der Waals surface area contributed by atoms with Crippen molar-refractivity contribution in [1.82, 2.24) is 10.2 Å². The SMILES string of the molecule is O=C1CCN(C(=O)c2cc3c(F)cccc3s2)CCN1. The summed E-state index contributed by atoms with van der Waals surface area (Å²) in [5.74, 6) is -0.490. The molecule has 3 rings (SSSR count). The smallest absolute Gasteiger partial charge is 0.264 e. The first-order chi connectivity index (χ1) is 9.65. The number of nitrogens with zero attached hydrogens (tertiary/aromatic N) is 1. The van der Waals surface area contributed by atoms with Crippen LogP contribution in [0.1, 0.15) is 16.1 Å². The first-order valence-electron chi connectivity index (χ1n) is 6.39. The molecular formula is C14H13FN2O2S. The van der Waals surface area contributed by atoms with Crippen LogP contribution < -0.4 is 5.32 Å². The Morgan fingerprint density at radius 2 is 2.20 bits per heavy atom. The maximum absolute atomic E-state index is 13.6. The molecule has 2 heterocycles. The van der Waals surface area contributed by atoms with Gasteiger partial charge in [0.1, 0.15) is 5.82 Å². The van der Waals surface area contributed by atoms with Crippen LogP contribution in [-0.2, 0) is 4.79 Å². The van der Waals surface area contributed by atoms with E-state index in [-0.39, 0.29) is 17.6 Å². The molecule has 1 aliphatic rings. The van der Waals surface area contributed by atoms with Crippen molar-refractivity contribution in [2.24, 2.45) is 0 Å². The van der Waals surface area contributed by atoms with Gasteiger partial charge in [-0.05, 0) is 18.2 Å². The zero-order chi connectivity index (χ0) is 14.1. The summed E-state index contributed by atoms with van der Waals surface area (Å²) >= 11 is 1.28. The van der Waals surface area contributed by atoms with Gasteiger partial charge in [0.15, 0.2) is 0 Å². The van der Waals surface area contributed by atoms with Gasteiger partial charge in [-0.15, -0.1) is 11.3 Å². The maximum Gasteiger partial charge on any atom is 0.264 e. The summed E-state index contributed by atoms with van der Waals surface area (Å²) in [5.41, 5.74) is 0. The Labute approximate surface area is 119 Å². The highest BCUT2D eigenvalue weighted by Gasteiger charge is 2.21. The van der Waals surface area contributed by atoms with E-state index in [4.69, 9.17) is 0 Å². The Balaban J connectivity index is 1.88. The predicted octanol–water partition coefficient (Wildman–Crippen LogP) is 2.00. The highest BCUT2D eigenvalue weighted by Crippen LogP contribution is 2.28. The van der Waals surface area contributed by atoms with Crippen LogP contribution in [-0.4, -0.2) is 36.3 Å². The van der Waals surface area contributed by atoms with Gasteiger partial charge in [0, 0.05) is 36.1 Å². The van der Waals surface area contributed by atoms with E-state index in [9.17, 15) is 14.0 Å². The molecular weight excluding hydrogens is 279 g/mol. The van der Waals surface area contributed by atoms with E-state index >= 15 is 0 Å². The molecule has 0 unspecified atom stereocenters. The standard InChI is InChI=1S/C14H13FN2O2S/c15-10-2-1-3-11-9(10)8-12(20-11)14(19)17-6-4-13(18)16-5-7-17/h1-3,8H,4-7H2,(H,16,18). The minimum Gasteiger partial charge on any atom is -0.354 e. The molecule has 1 fully saturated rings. The lowest BCUT2D eigenvalue weighted by molar-refractivity contribution is -0.120. The molecule has 4 nitrogen and oxygen atoms in total. The monoisotopic (exact) mass is 292 g/mol. The van der Waals surface area contributed by atoms with Crippen LogP contribution in [0.2, 0.25) is 0 Å². The van der Waals surface area contributed by atoms with Crippen molar-refractivity contribution in [3.63, 3.8) is 0 Å². The van der Waals surface area contributed by atoms with Gasteiger partial charge in [-0.3, -0.25) is 9.59 Å². The van der Waals surface area contributed by atoms with Gasteiger partial charge in [0.2, 0.25) is 5.91 Å². The van der Waals surface area contributed by atoms with Crippen LogP contribution in [0.5, 0.6) is 0 Å². The van der Waals surface area contributed by atoms with E-state index in [1.807, 2.05) is 0 Å². The summed E-state index contributed by atoms with van der Waals surface area (Å²) in [6.45, 7) is 1.35. The molecule has 0 atom stereocenters. The van der Waals surface area contributed by atoms with E-state index in [1.54, 1.807) is 23.1 Å². The Morgan fingerprint density at radius 1 is 1.35 bits per heavy atom. The maximum atomic E-state index is 13.6. The number of benzene rings is 1. The summed E-state index contributed by atoms with van der Waals surface area (Å²) in [4.78, 5) is 25.8. The molecule has 20 heavy (non-hydrogen) atoms. The van der Waals surface area contributed by atoms with Gasteiger partial charge in [-0.1, -0.05) is 6.07 Å². The number of hydrogen-bond donors (Lipinski definition) is 1. The molecule has 0 bridgehead atoms. The summed E-state index contributed by atoms with van der Waals surface area (Å²) < 4.78 is 14.4. The van der Waals surface area contributed by atoms with Crippen molar-refractivity contribution in [3.05, 3.63) is 35.0 Å². The first-order valence-corrected chi connectivity index (χ1v) is 7.21. The van der Waals surface area contributed by atoms with Gasteiger partial charge in [0.05, 0.1) is 4.88 Å². The molecule has 0 aliphatic carbocycles. The summed E-state index contributed by atoms with van der Waals surface area (Å²) in [6, 6.07) is 6.42. The number of amides is 2. The van der Waals surface area contributed by atoms with Gasteiger partial charge in [-0.25, -0.2) is 4.39 Å². The van der Waals surface area contributed by atoms with Crippen molar-refractivity contribution in [1.29, 1.82) is 0 Å². The fourth-order valence-corrected chi connectivity index (χ4v) is 3.30. The fourth-order valence-electron chi connectivity index (χ4n) is 2.26. The summed E-state index contributed by atoms with van der Waals surface area (Å²) in [6.07, 6.45) is 0.311. The fraction of sp³-hybridized carbons (Fsp3) is 0.286. The van der Waals surface area contributed by atoms with Crippen molar-refractivity contribution < 1.29 is 14.0 Å². The van der Waals surface area contributed by atoms with Crippen LogP contribution in [0.4, 0.5) is 4.39 Å². The van der Waals surface area contributed by atoms with Crippen LogP contribution in [0.3, 0.4) is 0 Å². The van der Waals surface area contributed by atoms with Gasteiger partial charge >= 0.3 is 0 Å². The predicted molar refractivity (Wildman–Crippen MR) is 75.3 cm³/mol. The van der Waals surface area contributed by atoms with Crippen molar-refractivity contribution >= 4 is 33.2 Å². The van der Waals surface area contributed by atoms with E-state index in [0.717, 1.165) is 4.70 Å². The third-order valence-corrected chi connectivity index (χ3v) is 4.41. The summed E-state index contributed by atoms with van der Waals surface area (Å²) in [7, 11) is 0. The minimum absolute atomic E-state index is 0.0392. The quantitative estimate of drug-likeness (QED) is 0.874. The van der Waals surface area contributed by atoms with Crippen LogP contribution in [0.25, 0.3) is 10.1 Å². The van der Waals surface area contributed by atoms with E-state index in [2.05, 4.69) is 5.32 Å². The lowest BCUT2D eigenvalue weighted by Gasteiger charge is -2.18. The number of fused-ring (bicyclic) bond motifs is 1. The molecule has 2 aromatic rings. The normalized spacial score (nSPS) is 16.1. The Hall–Kier alpha value is -1.95. The van der Waals surface area contributed by atoms with E-state index in [0.29, 0.717) is 36.3 Å². The third-order valence-electron chi connectivity index (χ3n) is 3.32. The molecule has 0 spiro atoms. The zero-order valence-corrected chi connectivity index (χ0v) is 11.5. The van der Waals surface area contributed by atoms with Crippen molar-refractivity contribution in [2.75, 3.05) is 19.6 Å². The number of halogens is 1. The second kappa shape index (κ2) is 5.20.